The number of nitrogens with one attached hydrogen (secondary N) is 1. The molecule has 3 N–H and O–H groups in total. The molecule has 146 valence electrons. The standard InChI is InChI=1S/C19H19BF2N2O4/c1-2-19(26)24(16-9-4-3-8-15(16)22)12-18(25)23-17(20(27)28)11-13-6-5-7-14(21)10-13/h2-10,17,27-28H,1,11-12H2,(H,23,25)/t17-/m0/s1. The molecule has 2 aromatic carbocycles. The fourth-order valence-electron chi connectivity index (χ4n) is 2.61. The Hall–Kier alpha value is -3.04. The summed E-state index contributed by atoms with van der Waals surface area (Å²) in [5.41, 5.74) is 0.320. The Morgan fingerprint density at radius 3 is 2.50 bits per heavy atom. The Morgan fingerprint density at radius 2 is 1.89 bits per heavy atom. The van der Waals surface area contributed by atoms with Crippen LogP contribution in [0.2, 0.25) is 0 Å². The topological polar surface area (TPSA) is 89.9 Å². The maximum Gasteiger partial charge on any atom is 0.475 e. The molecular weight excluding hydrogens is 369 g/mol. The molecule has 0 spiro atoms. The second-order valence-corrected chi connectivity index (χ2v) is 6.00. The Kier molecular flexibility index (Phi) is 7.42. The largest absolute Gasteiger partial charge is 0.475 e. The van der Waals surface area contributed by atoms with Crippen LogP contribution in [0.15, 0.2) is 61.2 Å². The van der Waals surface area contributed by atoms with Gasteiger partial charge in [0.15, 0.2) is 0 Å². The van der Waals surface area contributed by atoms with Gasteiger partial charge in [0.25, 0.3) is 5.91 Å². The first-order valence-electron chi connectivity index (χ1n) is 8.40. The van der Waals surface area contributed by atoms with Crippen molar-refractivity contribution in [1.82, 2.24) is 5.32 Å². The van der Waals surface area contributed by atoms with Crippen molar-refractivity contribution in [3.63, 3.8) is 0 Å². The zero-order valence-corrected chi connectivity index (χ0v) is 14.9. The molecule has 0 aliphatic rings. The maximum absolute atomic E-state index is 14.0. The molecule has 0 heterocycles. The summed E-state index contributed by atoms with van der Waals surface area (Å²) in [5.74, 6) is -3.82. The van der Waals surface area contributed by atoms with Crippen LogP contribution in [-0.2, 0) is 16.0 Å². The van der Waals surface area contributed by atoms with Gasteiger partial charge in [0.2, 0.25) is 5.91 Å². The van der Waals surface area contributed by atoms with Gasteiger partial charge in [0.1, 0.15) is 18.2 Å². The van der Waals surface area contributed by atoms with Gasteiger partial charge in [-0.05, 0) is 42.3 Å². The predicted molar refractivity (Wildman–Crippen MR) is 101 cm³/mol. The monoisotopic (exact) mass is 388 g/mol. The number of carbonyl (C=O) groups is 2. The fourth-order valence-corrected chi connectivity index (χ4v) is 2.61. The third-order valence-electron chi connectivity index (χ3n) is 3.94. The van der Waals surface area contributed by atoms with Gasteiger partial charge >= 0.3 is 7.12 Å². The first-order valence-corrected chi connectivity index (χ1v) is 8.40. The predicted octanol–water partition coefficient (Wildman–Crippen LogP) is 1.22. The molecule has 0 fully saturated rings. The normalized spacial score (nSPS) is 11.4. The minimum absolute atomic E-state index is 0.0593. The lowest BCUT2D eigenvalue weighted by atomic mass is 9.76. The lowest BCUT2D eigenvalue weighted by Gasteiger charge is -2.23. The van der Waals surface area contributed by atoms with Crippen molar-refractivity contribution in [1.29, 1.82) is 0 Å². The fraction of sp³-hybridized carbons (Fsp3) is 0.158. The minimum Gasteiger partial charge on any atom is -0.426 e. The summed E-state index contributed by atoms with van der Waals surface area (Å²) in [6.45, 7) is 2.77. The number of hydrogen-bond acceptors (Lipinski definition) is 4. The number of anilines is 1. The van der Waals surface area contributed by atoms with Gasteiger partial charge in [-0.25, -0.2) is 8.78 Å². The highest BCUT2D eigenvalue weighted by molar-refractivity contribution is 6.43. The van der Waals surface area contributed by atoms with E-state index in [0.29, 0.717) is 5.56 Å². The Bertz CT molecular complexity index is 863. The van der Waals surface area contributed by atoms with Crippen LogP contribution in [0.25, 0.3) is 0 Å². The van der Waals surface area contributed by atoms with Crippen molar-refractivity contribution >= 4 is 24.6 Å². The molecule has 0 saturated heterocycles. The summed E-state index contributed by atoms with van der Waals surface area (Å²) in [6.07, 6.45) is 0.876. The summed E-state index contributed by atoms with van der Waals surface area (Å²) in [4.78, 5) is 25.3. The third-order valence-corrected chi connectivity index (χ3v) is 3.94. The molecule has 0 aromatic heterocycles. The number of nitrogens with zero attached hydrogens (tertiary/aromatic N) is 1. The van der Waals surface area contributed by atoms with Crippen LogP contribution >= 0.6 is 0 Å². The average molecular weight is 388 g/mol. The molecule has 2 amide bonds. The summed E-state index contributed by atoms with van der Waals surface area (Å²) in [7, 11) is -1.93. The van der Waals surface area contributed by atoms with Crippen LogP contribution in [0.5, 0.6) is 0 Å². The second kappa shape index (κ2) is 9.77. The van der Waals surface area contributed by atoms with E-state index in [-0.39, 0.29) is 12.1 Å². The molecule has 1 atom stereocenters. The number of hydrogen-bond donors (Lipinski definition) is 3. The van der Waals surface area contributed by atoms with Gasteiger partial charge in [0, 0.05) is 0 Å². The molecule has 28 heavy (non-hydrogen) atoms. The van der Waals surface area contributed by atoms with E-state index in [0.717, 1.165) is 17.0 Å². The van der Waals surface area contributed by atoms with Gasteiger partial charge in [-0.1, -0.05) is 30.8 Å². The van der Waals surface area contributed by atoms with Crippen LogP contribution in [0.3, 0.4) is 0 Å². The first-order chi connectivity index (χ1) is 13.3. The summed E-state index contributed by atoms with van der Waals surface area (Å²) in [5, 5.41) is 21.4. The van der Waals surface area contributed by atoms with Crippen molar-refractivity contribution in [2.45, 2.75) is 12.4 Å². The van der Waals surface area contributed by atoms with Crippen molar-refractivity contribution in [2.75, 3.05) is 11.4 Å². The number of amides is 2. The Balaban J connectivity index is 2.14. The third kappa shape index (κ3) is 5.73. The number of halogens is 2. The highest BCUT2D eigenvalue weighted by Crippen LogP contribution is 2.19. The van der Waals surface area contributed by atoms with E-state index in [1.54, 1.807) is 6.07 Å². The van der Waals surface area contributed by atoms with E-state index in [2.05, 4.69) is 11.9 Å². The quantitative estimate of drug-likeness (QED) is 0.469. The lowest BCUT2D eigenvalue weighted by molar-refractivity contribution is -0.122. The molecule has 2 rings (SSSR count). The van der Waals surface area contributed by atoms with Gasteiger partial charge < -0.3 is 15.4 Å². The van der Waals surface area contributed by atoms with E-state index in [1.807, 2.05) is 0 Å². The molecule has 0 radical (unpaired) electrons. The molecule has 0 aliphatic carbocycles. The summed E-state index contributed by atoms with van der Waals surface area (Å²) < 4.78 is 27.3. The number of para-hydroxylation sites is 1. The minimum atomic E-state index is -1.93. The molecule has 2 aromatic rings. The molecule has 0 aliphatic heterocycles. The SMILES string of the molecule is C=CC(=O)N(CC(=O)N[C@@H](Cc1cccc(F)c1)B(O)O)c1ccccc1F. The lowest BCUT2D eigenvalue weighted by Crippen LogP contribution is -2.51. The number of benzene rings is 2. The van der Waals surface area contributed by atoms with Crippen LogP contribution in [-0.4, -0.2) is 41.5 Å². The van der Waals surface area contributed by atoms with Crippen molar-refractivity contribution in [3.05, 3.63) is 78.4 Å². The molecule has 0 bridgehead atoms. The van der Waals surface area contributed by atoms with E-state index in [1.165, 1.54) is 36.4 Å². The average Bonchev–Trinajstić information content (AvgIpc) is 2.65. The summed E-state index contributed by atoms with van der Waals surface area (Å²) >= 11 is 0. The van der Waals surface area contributed by atoms with E-state index in [4.69, 9.17) is 0 Å². The highest BCUT2D eigenvalue weighted by Gasteiger charge is 2.27. The van der Waals surface area contributed by atoms with E-state index >= 15 is 0 Å². The molecule has 9 heteroatoms. The molecule has 0 unspecified atom stereocenters. The van der Waals surface area contributed by atoms with Gasteiger partial charge in [0.05, 0.1) is 11.6 Å². The van der Waals surface area contributed by atoms with Crippen LogP contribution in [0, 0.1) is 11.6 Å². The second-order valence-electron chi connectivity index (χ2n) is 6.00. The van der Waals surface area contributed by atoms with Crippen LogP contribution < -0.4 is 10.2 Å². The number of rotatable bonds is 8. The van der Waals surface area contributed by atoms with Crippen molar-refractivity contribution < 1.29 is 28.4 Å². The van der Waals surface area contributed by atoms with E-state index in [9.17, 15) is 28.4 Å². The van der Waals surface area contributed by atoms with Crippen molar-refractivity contribution in [3.8, 4) is 0 Å². The Morgan fingerprint density at radius 1 is 1.18 bits per heavy atom. The molecular formula is C19H19BF2N2O4. The highest BCUT2D eigenvalue weighted by atomic mass is 19.1. The van der Waals surface area contributed by atoms with Crippen LogP contribution in [0.1, 0.15) is 5.56 Å². The zero-order chi connectivity index (χ0) is 20.7. The maximum atomic E-state index is 14.0. The Labute approximate surface area is 161 Å². The first kappa shape index (κ1) is 21.3. The summed E-state index contributed by atoms with van der Waals surface area (Å²) in [6, 6.07) is 10.9. The van der Waals surface area contributed by atoms with Gasteiger partial charge in [-0.2, -0.15) is 0 Å². The van der Waals surface area contributed by atoms with E-state index < -0.39 is 43.1 Å². The zero-order valence-electron chi connectivity index (χ0n) is 14.9. The smallest absolute Gasteiger partial charge is 0.426 e. The molecule has 0 saturated carbocycles. The van der Waals surface area contributed by atoms with Gasteiger partial charge in [-0.3, -0.25) is 14.5 Å². The molecule has 6 nitrogen and oxygen atoms in total. The van der Waals surface area contributed by atoms with Gasteiger partial charge in [-0.15, -0.1) is 0 Å². The van der Waals surface area contributed by atoms with Crippen molar-refractivity contribution in [2.24, 2.45) is 0 Å². The number of carbonyl (C=O) groups excluding carboxylic acids is 2. The van der Waals surface area contributed by atoms with Crippen LogP contribution in [0.4, 0.5) is 14.5 Å².